The SMILES string of the molecule is COc1cc(C)c(-c2cnnc(N)n2)cc1C(C)C. The zero-order valence-corrected chi connectivity index (χ0v) is 11.6. The minimum absolute atomic E-state index is 0.179. The van der Waals surface area contributed by atoms with Crippen molar-refractivity contribution < 1.29 is 4.74 Å². The second-order valence-electron chi connectivity index (χ2n) is 4.76. The topological polar surface area (TPSA) is 73.9 Å². The molecule has 2 N–H and O–H groups in total. The van der Waals surface area contributed by atoms with E-state index < -0.39 is 0 Å². The van der Waals surface area contributed by atoms with Crippen molar-refractivity contribution in [2.45, 2.75) is 26.7 Å². The van der Waals surface area contributed by atoms with Gasteiger partial charge in [0.15, 0.2) is 0 Å². The van der Waals surface area contributed by atoms with Crippen LogP contribution in [0.1, 0.15) is 30.9 Å². The molecule has 0 saturated carbocycles. The monoisotopic (exact) mass is 258 g/mol. The summed E-state index contributed by atoms with van der Waals surface area (Å²) in [6, 6.07) is 4.10. The molecule has 5 nitrogen and oxygen atoms in total. The van der Waals surface area contributed by atoms with Gasteiger partial charge in [0.2, 0.25) is 5.95 Å². The molecule has 19 heavy (non-hydrogen) atoms. The van der Waals surface area contributed by atoms with Crippen LogP contribution in [-0.2, 0) is 0 Å². The van der Waals surface area contributed by atoms with Crippen molar-refractivity contribution in [2.24, 2.45) is 0 Å². The first kappa shape index (κ1) is 13.3. The van der Waals surface area contributed by atoms with E-state index in [4.69, 9.17) is 10.5 Å². The van der Waals surface area contributed by atoms with E-state index in [1.54, 1.807) is 13.3 Å². The highest BCUT2D eigenvalue weighted by Gasteiger charge is 2.13. The summed E-state index contributed by atoms with van der Waals surface area (Å²) in [4.78, 5) is 4.22. The van der Waals surface area contributed by atoms with E-state index in [2.05, 4.69) is 35.1 Å². The fourth-order valence-electron chi connectivity index (χ4n) is 2.05. The van der Waals surface area contributed by atoms with Crippen LogP contribution in [-0.4, -0.2) is 22.3 Å². The summed E-state index contributed by atoms with van der Waals surface area (Å²) >= 11 is 0. The average Bonchev–Trinajstić information content (AvgIpc) is 2.37. The molecular formula is C14H18N4O. The van der Waals surface area contributed by atoms with Gasteiger partial charge in [0.1, 0.15) is 5.75 Å². The molecule has 5 heteroatoms. The van der Waals surface area contributed by atoms with Gasteiger partial charge in [-0.25, -0.2) is 4.98 Å². The van der Waals surface area contributed by atoms with E-state index >= 15 is 0 Å². The maximum atomic E-state index is 5.59. The van der Waals surface area contributed by atoms with Crippen LogP contribution in [0.25, 0.3) is 11.3 Å². The Labute approximate surface area is 112 Å². The van der Waals surface area contributed by atoms with Gasteiger partial charge >= 0.3 is 0 Å². The number of hydrogen-bond acceptors (Lipinski definition) is 5. The molecule has 100 valence electrons. The van der Waals surface area contributed by atoms with Crippen molar-refractivity contribution in [3.63, 3.8) is 0 Å². The number of benzene rings is 1. The maximum absolute atomic E-state index is 5.59. The van der Waals surface area contributed by atoms with Crippen molar-refractivity contribution in [3.8, 4) is 17.0 Å². The lowest BCUT2D eigenvalue weighted by Gasteiger charge is -2.15. The third-order valence-electron chi connectivity index (χ3n) is 3.05. The standard InChI is InChI=1S/C14H18N4O/c1-8(2)10-6-11(9(3)5-13(10)19-4)12-7-16-18-14(15)17-12/h5-8H,1-4H3,(H2,15,17,18). The number of rotatable bonds is 3. The van der Waals surface area contributed by atoms with E-state index in [1.807, 2.05) is 13.0 Å². The van der Waals surface area contributed by atoms with Gasteiger partial charge in [-0.2, -0.15) is 5.10 Å². The minimum Gasteiger partial charge on any atom is -0.496 e. The second-order valence-corrected chi connectivity index (χ2v) is 4.76. The van der Waals surface area contributed by atoms with Crippen molar-refractivity contribution in [2.75, 3.05) is 12.8 Å². The molecule has 0 spiro atoms. The first-order valence-corrected chi connectivity index (χ1v) is 6.17. The summed E-state index contributed by atoms with van der Waals surface area (Å²) in [5, 5.41) is 7.53. The van der Waals surface area contributed by atoms with Crippen LogP contribution in [0.4, 0.5) is 5.95 Å². The molecule has 0 radical (unpaired) electrons. The van der Waals surface area contributed by atoms with Crippen molar-refractivity contribution >= 4 is 5.95 Å². The zero-order valence-electron chi connectivity index (χ0n) is 11.6. The predicted molar refractivity (Wildman–Crippen MR) is 75.1 cm³/mol. The Balaban J connectivity index is 2.61. The molecule has 0 aliphatic carbocycles. The molecule has 0 saturated heterocycles. The molecule has 1 heterocycles. The van der Waals surface area contributed by atoms with Crippen LogP contribution >= 0.6 is 0 Å². The van der Waals surface area contributed by atoms with Gasteiger partial charge < -0.3 is 10.5 Å². The number of ether oxygens (including phenoxy) is 1. The molecule has 1 aromatic heterocycles. The van der Waals surface area contributed by atoms with E-state index in [1.165, 1.54) is 0 Å². The summed E-state index contributed by atoms with van der Waals surface area (Å²) < 4.78 is 5.43. The van der Waals surface area contributed by atoms with Crippen LogP contribution in [0.15, 0.2) is 18.3 Å². The number of methoxy groups -OCH3 is 1. The van der Waals surface area contributed by atoms with Crippen molar-refractivity contribution in [1.29, 1.82) is 0 Å². The van der Waals surface area contributed by atoms with Gasteiger partial charge in [-0.1, -0.05) is 13.8 Å². The lowest BCUT2D eigenvalue weighted by Crippen LogP contribution is -2.01. The summed E-state index contributed by atoms with van der Waals surface area (Å²) in [7, 11) is 1.69. The highest BCUT2D eigenvalue weighted by Crippen LogP contribution is 2.33. The summed E-state index contributed by atoms with van der Waals surface area (Å²) in [6.07, 6.45) is 1.62. The number of anilines is 1. The highest BCUT2D eigenvalue weighted by atomic mass is 16.5. The molecule has 0 atom stereocenters. The van der Waals surface area contributed by atoms with Crippen LogP contribution in [0.2, 0.25) is 0 Å². The van der Waals surface area contributed by atoms with Crippen LogP contribution in [0.5, 0.6) is 5.75 Å². The van der Waals surface area contributed by atoms with E-state index in [9.17, 15) is 0 Å². The van der Waals surface area contributed by atoms with Crippen LogP contribution in [0.3, 0.4) is 0 Å². The number of nitrogens with two attached hydrogens (primary N) is 1. The lowest BCUT2D eigenvalue weighted by molar-refractivity contribution is 0.407. The largest absolute Gasteiger partial charge is 0.496 e. The molecule has 0 unspecified atom stereocenters. The number of nitrogen functional groups attached to an aromatic ring is 1. The number of aromatic nitrogens is 3. The predicted octanol–water partition coefficient (Wildman–Crippen LogP) is 2.56. The molecular weight excluding hydrogens is 240 g/mol. The van der Waals surface area contributed by atoms with Crippen molar-refractivity contribution in [1.82, 2.24) is 15.2 Å². The molecule has 2 rings (SSSR count). The van der Waals surface area contributed by atoms with E-state index in [0.29, 0.717) is 5.92 Å². The Morgan fingerprint density at radius 2 is 2.00 bits per heavy atom. The first-order chi connectivity index (χ1) is 9.02. The van der Waals surface area contributed by atoms with Gasteiger partial charge in [-0.15, -0.1) is 5.10 Å². The van der Waals surface area contributed by atoms with Crippen LogP contribution in [0, 0.1) is 6.92 Å². The number of nitrogens with zero attached hydrogens (tertiary/aromatic N) is 3. The highest BCUT2D eigenvalue weighted by molar-refractivity contribution is 5.66. The Morgan fingerprint density at radius 1 is 1.26 bits per heavy atom. The first-order valence-electron chi connectivity index (χ1n) is 6.17. The zero-order chi connectivity index (χ0) is 14.0. The van der Waals surface area contributed by atoms with Crippen molar-refractivity contribution in [3.05, 3.63) is 29.5 Å². The third-order valence-corrected chi connectivity index (χ3v) is 3.05. The smallest absolute Gasteiger partial charge is 0.240 e. The molecule has 0 aliphatic rings. The average molecular weight is 258 g/mol. The molecule has 0 fully saturated rings. The Morgan fingerprint density at radius 3 is 2.58 bits per heavy atom. The van der Waals surface area contributed by atoms with Crippen LogP contribution < -0.4 is 10.5 Å². The van der Waals surface area contributed by atoms with Gasteiger partial charge in [0.25, 0.3) is 0 Å². The molecule has 0 bridgehead atoms. The Kier molecular flexibility index (Phi) is 3.64. The Hall–Kier alpha value is -2.17. The molecule has 0 amide bonds. The van der Waals surface area contributed by atoms with Gasteiger partial charge in [-0.3, -0.25) is 0 Å². The quantitative estimate of drug-likeness (QED) is 0.915. The fraction of sp³-hybridized carbons (Fsp3) is 0.357. The number of aryl methyl sites for hydroxylation is 1. The van der Waals surface area contributed by atoms with E-state index in [-0.39, 0.29) is 5.95 Å². The molecule has 1 aromatic carbocycles. The summed E-state index contributed by atoms with van der Waals surface area (Å²) in [5.41, 5.74) is 9.54. The van der Waals surface area contributed by atoms with Gasteiger partial charge in [0, 0.05) is 5.56 Å². The second kappa shape index (κ2) is 5.22. The molecule has 0 aliphatic heterocycles. The maximum Gasteiger partial charge on any atom is 0.240 e. The molecule has 2 aromatic rings. The normalized spacial score (nSPS) is 10.8. The van der Waals surface area contributed by atoms with Gasteiger partial charge in [0.05, 0.1) is 19.0 Å². The third kappa shape index (κ3) is 2.65. The Bertz CT molecular complexity index is 596. The van der Waals surface area contributed by atoms with Gasteiger partial charge in [-0.05, 0) is 36.1 Å². The fourth-order valence-corrected chi connectivity index (χ4v) is 2.05. The summed E-state index contributed by atoms with van der Waals surface area (Å²) in [6.45, 7) is 6.27. The van der Waals surface area contributed by atoms with E-state index in [0.717, 1.165) is 28.1 Å². The summed E-state index contributed by atoms with van der Waals surface area (Å²) in [5.74, 6) is 1.44. The number of hydrogen-bond donors (Lipinski definition) is 1. The minimum atomic E-state index is 0.179. The lowest BCUT2D eigenvalue weighted by atomic mass is 9.95.